The second-order valence-corrected chi connectivity index (χ2v) is 6.32. The number of aliphatic hydroxyl groups excluding tert-OH is 1. The number of nitrogens with zero attached hydrogens (tertiary/aromatic N) is 3. The quantitative estimate of drug-likeness (QED) is 0.652. The predicted octanol–water partition coefficient (Wildman–Crippen LogP) is 3.35. The van der Waals surface area contributed by atoms with E-state index in [1.165, 1.54) is 4.68 Å². The number of rotatable bonds is 6. The second kappa shape index (κ2) is 7.63. The van der Waals surface area contributed by atoms with E-state index >= 15 is 0 Å². The Morgan fingerprint density at radius 2 is 1.85 bits per heavy atom. The van der Waals surface area contributed by atoms with Gasteiger partial charge in [-0.2, -0.15) is 5.10 Å². The summed E-state index contributed by atoms with van der Waals surface area (Å²) in [5, 5.41) is 23.2. The average molecular weight is 369 g/mol. The molecule has 26 heavy (non-hydrogen) atoms. The van der Waals surface area contributed by atoms with Crippen LogP contribution in [0.5, 0.6) is 0 Å². The highest BCUT2D eigenvalue weighted by Crippen LogP contribution is 2.26. The summed E-state index contributed by atoms with van der Waals surface area (Å²) in [4.78, 5) is 10.9. The zero-order valence-electron chi connectivity index (χ0n) is 14.3. The Morgan fingerprint density at radius 3 is 2.50 bits per heavy atom. The van der Waals surface area contributed by atoms with E-state index in [4.69, 9.17) is 17.3 Å². The van der Waals surface area contributed by atoms with Gasteiger partial charge in [-0.25, -0.2) is 4.68 Å². The van der Waals surface area contributed by atoms with E-state index in [0.717, 1.165) is 22.4 Å². The summed E-state index contributed by atoms with van der Waals surface area (Å²) in [5.41, 5.74) is 3.45. The molecule has 1 aromatic heterocycles. The normalized spacial score (nSPS) is 10.8. The molecular formula is C19H19N3O3S. The van der Waals surface area contributed by atoms with Crippen LogP contribution in [0.3, 0.4) is 0 Å². The van der Waals surface area contributed by atoms with Crippen LogP contribution in [0.15, 0.2) is 48.5 Å². The fourth-order valence-electron chi connectivity index (χ4n) is 2.73. The Morgan fingerprint density at radius 1 is 1.15 bits per heavy atom. The minimum absolute atomic E-state index is 0.0691. The lowest BCUT2D eigenvalue weighted by molar-refractivity contribution is -0.137. The molecule has 0 saturated carbocycles. The average Bonchev–Trinajstić information content (AvgIpc) is 2.97. The Labute approximate surface area is 156 Å². The Kier molecular flexibility index (Phi) is 5.29. The Balaban J connectivity index is 2.21. The van der Waals surface area contributed by atoms with E-state index in [2.05, 4.69) is 5.10 Å². The van der Waals surface area contributed by atoms with E-state index in [9.17, 15) is 9.90 Å². The number of carbonyl (C=O) groups is 1. The van der Waals surface area contributed by atoms with Gasteiger partial charge in [0.25, 0.3) is 0 Å². The van der Waals surface area contributed by atoms with E-state index in [1.807, 2.05) is 60.0 Å². The number of carboxylic acids is 1. The van der Waals surface area contributed by atoms with Crippen molar-refractivity contribution in [3.63, 3.8) is 0 Å². The number of carboxylic acid groups (broad SMARTS) is 1. The third kappa shape index (κ3) is 3.58. The van der Waals surface area contributed by atoms with Gasteiger partial charge in [0.1, 0.15) is 0 Å². The molecule has 1 heterocycles. The summed E-state index contributed by atoms with van der Waals surface area (Å²) in [5.74, 6) is -0.331. The van der Waals surface area contributed by atoms with Crippen molar-refractivity contribution in [2.24, 2.45) is 0 Å². The summed E-state index contributed by atoms with van der Waals surface area (Å²) in [6, 6.07) is 15.3. The zero-order chi connectivity index (χ0) is 18.7. The molecule has 0 saturated heterocycles. The predicted molar refractivity (Wildman–Crippen MR) is 101 cm³/mol. The van der Waals surface area contributed by atoms with Crippen molar-refractivity contribution in [2.45, 2.75) is 26.5 Å². The maximum Gasteiger partial charge on any atom is 0.305 e. The van der Waals surface area contributed by atoms with Gasteiger partial charge in [0.15, 0.2) is 5.82 Å². The minimum atomic E-state index is -0.908. The molecule has 3 rings (SSSR count). The highest BCUT2D eigenvalue weighted by molar-refractivity contribution is 7.71. The van der Waals surface area contributed by atoms with Crippen LogP contribution < -0.4 is 0 Å². The van der Waals surface area contributed by atoms with Crippen molar-refractivity contribution in [3.05, 3.63) is 64.4 Å². The molecule has 6 nitrogen and oxygen atoms in total. The first-order chi connectivity index (χ1) is 12.5. The van der Waals surface area contributed by atoms with Gasteiger partial charge in [0.05, 0.1) is 19.6 Å². The smallest absolute Gasteiger partial charge is 0.305 e. The monoisotopic (exact) mass is 369 g/mol. The SMILES string of the molecule is Cc1ccc(-n2c(-c3ccccc3CO)nn(CCC(=O)O)c2=S)cc1. The van der Waals surface area contributed by atoms with E-state index in [-0.39, 0.29) is 19.6 Å². The van der Waals surface area contributed by atoms with Crippen LogP contribution in [0.2, 0.25) is 0 Å². The summed E-state index contributed by atoms with van der Waals surface area (Å²) in [7, 11) is 0. The van der Waals surface area contributed by atoms with Crippen LogP contribution in [-0.4, -0.2) is 30.5 Å². The van der Waals surface area contributed by atoms with E-state index < -0.39 is 5.97 Å². The van der Waals surface area contributed by atoms with E-state index in [1.54, 1.807) is 0 Å². The first-order valence-electron chi connectivity index (χ1n) is 8.19. The lowest BCUT2D eigenvalue weighted by Gasteiger charge is -2.10. The highest BCUT2D eigenvalue weighted by atomic mass is 32.1. The van der Waals surface area contributed by atoms with Crippen molar-refractivity contribution in [3.8, 4) is 17.1 Å². The van der Waals surface area contributed by atoms with Gasteiger partial charge in [-0.3, -0.25) is 9.36 Å². The fraction of sp³-hybridized carbons (Fsp3) is 0.211. The third-order valence-electron chi connectivity index (χ3n) is 4.10. The van der Waals surface area contributed by atoms with Crippen LogP contribution in [0.25, 0.3) is 17.1 Å². The van der Waals surface area contributed by atoms with Gasteiger partial charge >= 0.3 is 5.97 Å². The topological polar surface area (TPSA) is 80.3 Å². The van der Waals surface area contributed by atoms with Crippen molar-refractivity contribution in [2.75, 3.05) is 0 Å². The molecule has 0 amide bonds. The molecule has 0 atom stereocenters. The maximum atomic E-state index is 10.9. The van der Waals surface area contributed by atoms with Gasteiger partial charge in [-0.1, -0.05) is 42.0 Å². The van der Waals surface area contributed by atoms with E-state index in [0.29, 0.717) is 10.6 Å². The van der Waals surface area contributed by atoms with Gasteiger partial charge in [0.2, 0.25) is 4.77 Å². The molecule has 0 bridgehead atoms. The van der Waals surface area contributed by atoms with Crippen LogP contribution in [0.1, 0.15) is 17.5 Å². The third-order valence-corrected chi connectivity index (χ3v) is 4.49. The molecule has 0 radical (unpaired) electrons. The summed E-state index contributed by atoms with van der Waals surface area (Å²) in [6.45, 7) is 2.06. The standard InChI is InChI=1S/C19H19N3O3S/c1-13-6-8-15(9-7-13)22-18(16-5-3-2-4-14(16)12-23)20-21(19(22)26)11-10-17(24)25/h2-9,23H,10-12H2,1H3,(H,24,25). The molecular weight excluding hydrogens is 350 g/mol. The maximum absolute atomic E-state index is 10.9. The van der Waals surface area contributed by atoms with Gasteiger partial charge in [-0.15, -0.1) is 0 Å². The molecule has 0 aliphatic carbocycles. The first-order valence-corrected chi connectivity index (χ1v) is 8.60. The molecule has 0 aliphatic heterocycles. The number of benzene rings is 2. The van der Waals surface area contributed by atoms with Crippen LogP contribution in [0.4, 0.5) is 0 Å². The number of hydrogen-bond acceptors (Lipinski definition) is 4. The zero-order valence-corrected chi connectivity index (χ0v) is 15.1. The molecule has 2 aromatic carbocycles. The summed E-state index contributed by atoms with van der Waals surface area (Å²) < 4.78 is 3.75. The lowest BCUT2D eigenvalue weighted by Crippen LogP contribution is -2.06. The number of aliphatic hydroxyl groups is 1. The van der Waals surface area contributed by atoms with Gasteiger partial charge in [0, 0.05) is 11.3 Å². The Hall–Kier alpha value is -2.77. The van der Waals surface area contributed by atoms with Gasteiger partial charge in [-0.05, 0) is 36.8 Å². The number of hydrogen-bond donors (Lipinski definition) is 2. The van der Waals surface area contributed by atoms with Crippen LogP contribution in [0, 0.1) is 11.7 Å². The largest absolute Gasteiger partial charge is 0.481 e. The first kappa shape index (κ1) is 18.0. The van der Waals surface area contributed by atoms with Crippen molar-refractivity contribution < 1.29 is 15.0 Å². The van der Waals surface area contributed by atoms with Crippen molar-refractivity contribution in [1.82, 2.24) is 14.3 Å². The second-order valence-electron chi connectivity index (χ2n) is 5.96. The molecule has 0 fully saturated rings. The lowest BCUT2D eigenvalue weighted by atomic mass is 10.1. The number of aromatic nitrogens is 3. The molecule has 3 aromatic rings. The molecule has 0 unspecified atom stereocenters. The molecule has 134 valence electrons. The molecule has 0 spiro atoms. The number of aliphatic carboxylic acids is 1. The van der Waals surface area contributed by atoms with Crippen LogP contribution >= 0.6 is 12.2 Å². The van der Waals surface area contributed by atoms with Gasteiger partial charge < -0.3 is 10.2 Å². The minimum Gasteiger partial charge on any atom is -0.481 e. The molecule has 0 aliphatic rings. The highest BCUT2D eigenvalue weighted by Gasteiger charge is 2.17. The summed E-state index contributed by atoms with van der Waals surface area (Å²) >= 11 is 5.57. The van der Waals surface area contributed by atoms with Crippen molar-refractivity contribution >= 4 is 18.2 Å². The number of aryl methyl sites for hydroxylation is 2. The van der Waals surface area contributed by atoms with Crippen LogP contribution in [-0.2, 0) is 17.9 Å². The Bertz CT molecular complexity index is 990. The molecule has 2 N–H and O–H groups in total. The summed E-state index contributed by atoms with van der Waals surface area (Å²) in [6.07, 6.45) is -0.0691. The van der Waals surface area contributed by atoms with Crippen molar-refractivity contribution in [1.29, 1.82) is 0 Å². The fourth-order valence-corrected chi connectivity index (χ4v) is 3.06. The molecule has 7 heteroatoms.